The van der Waals surface area contributed by atoms with Gasteiger partial charge in [0, 0.05) is 44.3 Å². The van der Waals surface area contributed by atoms with Crippen molar-refractivity contribution in [2.24, 2.45) is 7.05 Å². The average molecular weight is 432 g/mol. The van der Waals surface area contributed by atoms with Gasteiger partial charge in [0.2, 0.25) is 0 Å². The summed E-state index contributed by atoms with van der Waals surface area (Å²) < 4.78 is 15.2. The lowest BCUT2D eigenvalue weighted by Gasteiger charge is -2.28. The number of anilines is 1. The zero-order valence-electron chi connectivity index (χ0n) is 18.9. The molecule has 2 fully saturated rings. The molecule has 2 aromatic rings. The van der Waals surface area contributed by atoms with Crippen LogP contribution in [-0.4, -0.2) is 66.3 Å². The number of carbonyl (C=O) groups is 1. The Labute approximate surface area is 183 Å². The Hall–Kier alpha value is -2.39. The van der Waals surface area contributed by atoms with E-state index >= 15 is 0 Å². The molecule has 0 spiro atoms. The number of pyridine rings is 1. The van der Waals surface area contributed by atoms with Crippen LogP contribution in [0.4, 0.5) is 10.5 Å². The average Bonchev–Trinajstić information content (AvgIpc) is 3.25. The molecule has 2 N–H and O–H groups in total. The number of nitrogens with zero attached hydrogens (tertiary/aromatic N) is 4. The van der Waals surface area contributed by atoms with Crippen LogP contribution in [0.5, 0.6) is 0 Å². The number of rotatable bonds is 6. The van der Waals surface area contributed by atoms with Gasteiger partial charge in [-0.05, 0) is 19.8 Å². The van der Waals surface area contributed by atoms with Gasteiger partial charge in [0.05, 0.1) is 38.7 Å². The third-order valence-electron chi connectivity index (χ3n) is 6.37. The zero-order valence-corrected chi connectivity index (χ0v) is 18.9. The largest absolute Gasteiger partial charge is 0.381 e. The molecule has 170 valence electrons. The van der Waals surface area contributed by atoms with Crippen LogP contribution in [0.2, 0.25) is 0 Å². The van der Waals surface area contributed by atoms with Gasteiger partial charge in [-0.25, -0.2) is 9.36 Å². The molecule has 2 saturated heterocycles. The highest BCUT2D eigenvalue weighted by Gasteiger charge is 2.28. The molecule has 4 heterocycles. The van der Waals surface area contributed by atoms with Crippen molar-refractivity contribution in [1.29, 1.82) is 0 Å². The first-order chi connectivity index (χ1) is 15.1. The summed E-state index contributed by atoms with van der Waals surface area (Å²) in [6.07, 6.45) is 4.77. The van der Waals surface area contributed by atoms with Crippen molar-refractivity contribution in [3.8, 4) is 0 Å². The number of hydrogen-bond acceptors (Lipinski definition) is 5. The standard InChI is InChI=1S/C22H34N6O3/c1-4-19-17(14-23-22(29)27-8-12-31-13-9-27)20(25-16-6-10-30-11-7-16)18-15-24-28(5-2)21(18)26(19)3/h15-16H,4-14H2,1-3H3,(H,23,29)/p+1. The van der Waals surface area contributed by atoms with E-state index in [1.165, 1.54) is 5.69 Å². The number of morpholine rings is 1. The van der Waals surface area contributed by atoms with Crippen molar-refractivity contribution < 1.29 is 18.8 Å². The molecule has 0 radical (unpaired) electrons. The van der Waals surface area contributed by atoms with Crippen LogP contribution in [0.25, 0.3) is 11.0 Å². The van der Waals surface area contributed by atoms with Gasteiger partial charge in [-0.15, -0.1) is 4.68 Å². The minimum atomic E-state index is -0.0330. The Balaban J connectivity index is 1.70. The maximum Gasteiger partial charge on any atom is 0.317 e. The van der Waals surface area contributed by atoms with Gasteiger partial charge in [0.25, 0.3) is 0 Å². The van der Waals surface area contributed by atoms with E-state index in [0.29, 0.717) is 38.9 Å². The number of hydrogen-bond donors (Lipinski definition) is 2. The van der Waals surface area contributed by atoms with Gasteiger partial charge < -0.3 is 25.0 Å². The van der Waals surface area contributed by atoms with E-state index in [9.17, 15) is 4.79 Å². The lowest BCUT2D eigenvalue weighted by molar-refractivity contribution is -0.656. The number of aromatic nitrogens is 3. The first-order valence-electron chi connectivity index (χ1n) is 11.5. The van der Waals surface area contributed by atoms with E-state index in [1.54, 1.807) is 0 Å². The summed E-state index contributed by atoms with van der Waals surface area (Å²) in [5.74, 6) is 0. The number of amides is 2. The molecule has 31 heavy (non-hydrogen) atoms. The number of urea groups is 1. The molecule has 9 nitrogen and oxygen atoms in total. The van der Waals surface area contributed by atoms with Crippen LogP contribution in [0.1, 0.15) is 37.9 Å². The van der Waals surface area contributed by atoms with Crippen LogP contribution in [0.3, 0.4) is 0 Å². The third kappa shape index (κ3) is 4.48. The van der Waals surface area contributed by atoms with E-state index in [0.717, 1.165) is 61.3 Å². The Kier molecular flexibility index (Phi) is 6.92. The number of fused-ring (bicyclic) bond motifs is 1. The number of aryl methyl sites for hydroxylation is 2. The van der Waals surface area contributed by atoms with Crippen molar-refractivity contribution in [3.05, 3.63) is 17.5 Å². The van der Waals surface area contributed by atoms with Crippen molar-refractivity contribution in [2.75, 3.05) is 44.8 Å². The van der Waals surface area contributed by atoms with E-state index in [2.05, 4.69) is 41.2 Å². The van der Waals surface area contributed by atoms with Gasteiger partial charge in [-0.2, -0.15) is 0 Å². The summed E-state index contributed by atoms with van der Waals surface area (Å²) in [5.41, 5.74) is 4.55. The highest BCUT2D eigenvalue weighted by atomic mass is 16.5. The molecule has 2 aliphatic rings. The number of nitrogens with one attached hydrogen (secondary N) is 2. The highest BCUT2D eigenvalue weighted by Crippen LogP contribution is 2.30. The molecular weight excluding hydrogens is 396 g/mol. The molecule has 2 aromatic heterocycles. The number of ether oxygens (including phenoxy) is 2. The van der Waals surface area contributed by atoms with Gasteiger partial charge in [0.15, 0.2) is 0 Å². The summed E-state index contributed by atoms with van der Waals surface area (Å²) >= 11 is 0. The molecule has 9 heteroatoms. The Bertz CT molecular complexity index is 916. The second-order valence-corrected chi connectivity index (χ2v) is 8.20. The van der Waals surface area contributed by atoms with E-state index in [1.807, 2.05) is 15.8 Å². The fraction of sp³-hybridized carbons (Fsp3) is 0.682. The molecule has 0 unspecified atom stereocenters. The molecule has 4 rings (SSSR count). The van der Waals surface area contributed by atoms with Crippen LogP contribution in [0, 0.1) is 0 Å². The molecule has 0 aromatic carbocycles. The van der Waals surface area contributed by atoms with Gasteiger partial charge >= 0.3 is 11.7 Å². The summed E-state index contributed by atoms with van der Waals surface area (Å²) in [6.45, 7) is 9.59. The molecule has 0 aliphatic carbocycles. The second-order valence-electron chi connectivity index (χ2n) is 8.20. The van der Waals surface area contributed by atoms with Gasteiger partial charge in [0.1, 0.15) is 17.6 Å². The van der Waals surface area contributed by atoms with Crippen LogP contribution >= 0.6 is 0 Å². The quantitative estimate of drug-likeness (QED) is 0.679. The van der Waals surface area contributed by atoms with E-state index < -0.39 is 0 Å². The predicted octanol–water partition coefficient (Wildman–Crippen LogP) is 1.58. The SMILES string of the molecule is CCc1c(CNC(=O)N2CCOCC2)c(NC2CCOCC2)c2cnn(CC)c2[n+]1C. The molecule has 0 saturated carbocycles. The summed E-state index contributed by atoms with van der Waals surface area (Å²) in [6, 6.07) is 0.322. The minimum Gasteiger partial charge on any atom is -0.381 e. The smallest absolute Gasteiger partial charge is 0.317 e. The van der Waals surface area contributed by atoms with Crippen molar-refractivity contribution in [2.45, 2.75) is 52.2 Å². The maximum absolute atomic E-state index is 12.8. The molecule has 0 atom stereocenters. The molecule has 2 amide bonds. The third-order valence-corrected chi connectivity index (χ3v) is 6.37. The first kappa shape index (κ1) is 21.8. The highest BCUT2D eigenvalue weighted by molar-refractivity contribution is 5.89. The predicted molar refractivity (Wildman–Crippen MR) is 118 cm³/mol. The Morgan fingerprint density at radius 3 is 2.58 bits per heavy atom. The zero-order chi connectivity index (χ0) is 21.8. The van der Waals surface area contributed by atoms with Gasteiger partial charge in [-0.3, -0.25) is 0 Å². The fourth-order valence-electron chi connectivity index (χ4n) is 4.67. The fourth-order valence-corrected chi connectivity index (χ4v) is 4.67. The van der Waals surface area contributed by atoms with Crippen LogP contribution in [-0.2, 0) is 36.0 Å². The van der Waals surface area contributed by atoms with Crippen LogP contribution < -0.4 is 15.2 Å². The lowest BCUT2D eigenvalue weighted by atomic mass is 10.0. The topological polar surface area (TPSA) is 84.5 Å². The first-order valence-corrected chi connectivity index (χ1v) is 11.5. The monoisotopic (exact) mass is 431 g/mol. The normalized spacial score (nSPS) is 17.8. The lowest BCUT2D eigenvalue weighted by Crippen LogP contribution is -2.46. The van der Waals surface area contributed by atoms with Crippen molar-refractivity contribution in [3.63, 3.8) is 0 Å². The van der Waals surface area contributed by atoms with Crippen LogP contribution in [0.15, 0.2) is 6.20 Å². The molecule has 2 aliphatic heterocycles. The Morgan fingerprint density at radius 2 is 1.90 bits per heavy atom. The minimum absolute atomic E-state index is 0.0330. The van der Waals surface area contributed by atoms with E-state index in [4.69, 9.17) is 9.47 Å². The van der Waals surface area contributed by atoms with Gasteiger partial charge in [-0.1, -0.05) is 12.0 Å². The summed E-state index contributed by atoms with van der Waals surface area (Å²) in [7, 11) is 2.10. The summed E-state index contributed by atoms with van der Waals surface area (Å²) in [4.78, 5) is 14.6. The molecular formula is C22H35N6O3+. The summed E-state index contributed by atoms with van der Waals surface area (Å²) in [5, 5.41) is 12.7. The van der Waals surface area contributed by atoms with Crippen molar-refractivity contribution in [1.82, 2.24) is 20.0 Å². The second kappa shape index (κ2) is 9.82. The molecule has 0 bridgehead atoms. The Morgan fingerprint density at radius 1 is 1.19 bits per heavy atom. The maximum atomic E-state index is 12.8. The number of carbonyl (C=O) groups excluding carboxylic acids is 1. The van der Waals surface area contributed by atoms with Crippen molar-refractivity contribution >= 4 is 22.8 Å². The van der Waals surface area contributed by atoms with E-state index in [-0.39, 0.29) is 6.03 Å².